The topological polar surface area (TPSA) is 124 Å². The zero-order valence-electron chi connectivity index (χ0n) is 8.79. The number of benzene rings is 1. The van der Waals surface area contributed by atoms with Crippen LogP contribution in [0, 0.1) is 0 Å². The summed E-state index contributed by atoms with van der Waals surface area (Å²) in [6.07, 6.45) is 0. The molecular formula is C9H8ClNO6S. The lowest BCUT2D eigenvalue weighted by molar-refractivity contribution is -0.120. The van der Waals surface area contributed by atoms with Crippen molar-refractivity contribution in [3.8, 4) is 5.75 Å². The number of nitrogens with two attached hydrogens (primary N) is 1. The van der Waals surface area contributed by atoms with E-state index in [2.05, 4.69) is 0 Å². The number of rotatable bonds is 5. The molecule has 0 aliphatic rings. The van der Waals surface area contributed by atoms with Gasteiger partial charge in [-0.2, -0.15) is 0 Å². The monoisotopic (exact) mass is 293 g/mol. The third-order valence-corrected chi connectivity index (χ3v) is 3.17. The highest BCUT2D eigenvalue weighted by atomic mass is 35.7. The average Bonchev–Trinajstić information content (AvgIpc) is 2.24. The molecular weight excluding hydrogens is 286 g/mol. The van der Waals surface area contributed by atoms with Crippen molar-refractivity contribution in [3.63, 3.8) is 0 Å². The number of aromatic carboxylic acids is 1. The summed E-state index contributed by atoms with van der Waals surface area (Å²) in [6.45, 7) is -0.550. The second-order valence-corrected chi connectivity index (χ2v) is 5.69. The Balaban J connectivity index is 3.26. The van der Waals surface area contributed by atoms with E-state index in [9.17, 15) is 18.0 Å². The van der Waals surface area contributed by atoms with E-state index < -0.39 is 32.4 Å². The number of carbonyl (C=O) groups excluding carboxylic acids is 1. The maximum Gasteiger partial charge on any atom is 0.335 e. The fraction of sp³-hybridized carbons (Fsp3) is 0.111. The van der Waals surface area contributed by atoms with Crippen LogP contribution in [0.25, 0.3) is 0 Å². The largest absolute Gasteiger partial charge is 0.482 e. The van der Waals surface area contributed by atoms with Gasteiger partial charge in [0.2, 0.25) is 0 Å². The molecule has 0 unspecified atom stereocenters. The highest BCUT2D eigenvalue weighted by molar-refractivity contribution is 8.13. The van der Waals surface area contributed by atoms with Crippen molar-refractivity contribution < 1.29 is 27.9 Å². The van der Waals surface area contributed by atoms with E-state index in [0.717, 1.165) is 18.2 Å². The predicted octanol–water partition coefficient (Wildman–Crippen LogP) is 0.176. The van der Waals surface area contributed by atoms with Crippen LogP contribution in [0.2, 0.25) is 0 Å². The molecule has 0 aromatic heterocycles. The van der Waals surface area contributed by atoms with Crippen molar-refractivity contribution in [1.82, 2.24) is 0 Å². The number of hydrogen-bond donors (Lipinski definition) is 2. The summed E-state index contributed by atoms with van der Waals surface area (Å²) >= 11 is 0. The SMILES string of the molecule is NC(=O)COc1ccc(C(=O)O)cc1S(=O)(=O)Cl. The first kappa shape index (κ1) is 14.3. The van der Waals surface area contributed by atoms with E-state index in [4.69, 9.17) is 26.3 Å². The van der Waals surface area contributed by atoms with E-state index in [1.54, 1.807) is 0 Å². The molecule has 1 aromatic carbocycles. The van der Waals surface area contributed by atoms with E-state index in [0.29, 0.717) is 0 Å². The van der Waals surface area contributed by atoms with Crippen molar-refractivity contribution in [1.29, 1.82) is 0 Å². The number of amides is 1. The molecule has 1 rings (SSSR count). The van der Waals surface area contributed by atoms with Crippen LogP contribution in [-0.4, -0.2) is 32.0 Å². The standard InChI is InChI=1S/C9H8ClNO6S/c10-18(15,16)7-3-5(9(13)14)1-2-6(7)17-4-8(11)12/h1-3H,4H2,(H2,11,12)(H,13,14). The quantitative estimate of drug-likeness (QED) is 0.746. The molecule has 9 heteroatoms. The molecule has 98 valence electrons. The first-order chi connectivity index (χ1) is 8.21. The van der Waals surface area contributed by atoms with Gasteiger partial charge in [-0.15, -0.1) is 0 Å². The van der Waals surface area contributed by atoms with Crippen LogP contribution in [0.4, 0.5) is 0 Å². The van der Waals surface area contributed by atoms with Crippen LogP contribution in [0.15, 0.2) is 23.1 Å². The Morgan fingerprint density at radius 1 is 1.39 bits per heavy atom. The van der Waals surface area contributed by atoms with Gasteiger partial charge in [-0.3, -0.25) is 4.79 Å². The van der Waals surface area contributed by atoms with E-state index >= 15 is 0 Å². The molecule has 3 N–H and O–H groups in total. The summed E-state index contributed by atoms with van der Waals surface area (Å²) in [7, 11) is 0.933. The van der Waals surface area contributed by atoms with Crippen molar-refractivity contribution in [2.24, 2.45) is 5.73 Å². The van der Waals surface area contributed by atoms with Crippen LogP contribution < -0.4 is 10.5 Å². The minimum Gasteiger partial charge on any atom is -0.482 e. The maximum atomic E-state index is 11.2. The third-order valence-electron chi connectivity index (χ3n) is 1.82. The molecule has 0 radical (unpaired) electrons. The highest BCUT2D eigenvalue weighted by Crippen LogP contribution is 2.28. The summed E-state index contributed by atoms with van der Waals surface area (Å²) in [4.78, 5) is 20.7. The lowest BCUT2D eigenvalue weighted by atomic mass is 10.2. The van der Waals surface area contributed by atoms with Gasteiger partial charge in [0.15, 0.2) is 6.61 Å². The number of carboxylic acids is 1. The van der Waals surface area contributed by atoms with E-state index in [1.165, 1.54) is 0 Å². The van der Waals surface area contributed by atoms with Gasteiger partial charge >= 0.3 is 5.97 Å². The molecule has 0 saturated carbocycles. The van der Waals surface area contributed by atoms with E-state index in [1.807, 2.05) is 0 Å². The Bertz CT molecular complexity index is 597. The molecule has 1 amide bonds. The Hall–Kier alpha value is -1.80. The van der Waals surface area contributed by atoms with Crippen molar-refractivity contribution in [3.05, 3.63) is 23.8 Å². The maximum absolute atomic E-state index is 11.2. The predicted molar refractivity (Wildman–Crippen MR) is 61.1 cm³/mol. The smallest absolute Gasteiger partial charge is 0.335 e. The lowest BCUT2D eigenvalue weighted by Gasteiger charge is -2.08. The molecule has 0 fully saturated rings. The second kappa shape index (κ2) is 5.23. The first-order valence-electron chi connectivity index (χ1n) is 4.45. The Labute approximate surface area is 107 Å². The Morgan fingerprint density at radius 2 is 2.00 bits per heavy atom. The number of ether oxygens (including phenoxy) is 1. The molecule has 1 aromatic rings. The lowest BCUT2D eigenvalue weighted by Crippen LogP contribution is -2.20. The van der Waals surface area contributed by atoms with Crippen LogP contribution in [0.1, 0.15) is 10.4 Å². The normalized spacial score (nSPS) is 10.9. The summed E-state index contributed by atoms with van der Waals surface area (Å²) in [5, 5.41) is 8.73. The zero-order valence-corrected chi connectivity index (χ0v) is 10.4. The minimum absolute atomic E-state index is 0.242. The molecule has 18 heavy (non-hydrogen) atoms. The van der Waals surface area contributed by atoms with Crippen LogP contribution in [0.5, 0.6) is 5.75 Å². The van der Waals surface area contributed by atoms with Crippen molar-refractivity contribution >= 4 is 31.6 Å². The van der Waals surface area contributed by atoms with Gasteiger partial charge in [0.25, 0.3) is 15.0 Å². The third kappa shape index (κ3) is 3.60. The van der Waals surface area contributed by atoms with Gasteiger partial charge in [-0.25, -0.2) is 13.2 Å². The van der Waals surface area contributed by atoms with Gasteiger partial charge in [0.1, 0.15) is 10.6 Å². The van der Waals surface area contributed by atoms with Crippen LogP contribution in [-0.2, 0) is 13.8 Å². The summed E-state index contributed by atoms with van der Waals surface area (Å²) < 4.78 is 27.3. The van der Waals surface area contributed by atoms with Gasteiger partial charge in [-0.05, 0) is 18.2 Å². The molecule has 0 spiro atoms. The van der Waals surface area contributed by atoms with Gasteiger partial charge in [0, 0.05) is 10.7 Å². The van der Waals surface area contributed by atoms with Gasteiger partial charge < -0.3 is 15.6 Å². The van der Waals surface area contributed by atoms with Crippen LogP contribution >= 0.6 is 10.7 Å². The van der Waals surface area contributed by atoms with Crippen molar-refractivity contribution in [2.75, 3.05) is 6.61 Å². The summed E-state index contributed by atoms with van der Waals surface area (Å²) in [5.74, 6) is -2.37. The molecule has 0 heterocycles. The molecule has 0 bridgehead atoms. The minimum atomic E-state index is -4.21. The summed E-state index contributed by atoms with van der Waals surface area (Å²) in [5.41, 5.74) is 4.56. The number of hydrogen-bond acceptors (Lipinski definition) is 5. The highest BCUT2D eigenvalue weighted by Gasteiger charge is 2.20. The average molecular weight is 294 g/mol. The van der Waals surface area contributed by atoms with Crippen molar-refractivity contribution in [2.45, 2.75) is 4.90 Å². The van der Waals surface area contributed by atoms with Crippen LogP contribution in [0.3, 0.4) is 0 Å². The zero-order chi connectivity index (χ0) is 13.9. The van der Waals surface area contributed by atoms with Gasteiger partial charge in [-0.1, -0.05) is 0 Å². The van der Waals surface area contributed by atoms with E-state index in [-0.39, 0.29) is 11.3 Å². The first-order valence-corrected chi connectivity index (χ1v) is 6.76. The Kier molecular flexibility index (Phi) is 4.15. The molecule has 0 saturated heterocycles. The number of primary amides is 1. The number of halogens is 1. The Morgan fingerprint density at radius 3 is 2.44 bits per heavy atom. The second-order valence-electron chi connectivity index (χ2n) is 3.16. The number of carbonyl (C=O) groups is 2. The fourth-order valence-electron chi connectivity index (χ4n) is 1.10. The molecule has 0 aliphatic heterocycles. The summed E-state index contributed by atoms with van der Waals surface area (Å²) in [6, 6.07) is 3.03. The van der Waals surface area contributed by atoms with Gasteiger partial charge in [0.05, 0.1) is 5.56 Å². The molecule has 0 aliphatic carbocycles. The number of carboxylic acid groups (broad SMARTS) is 1. The molecule has 7 nitrogen and oxygen atoms in total. The fourth-order valence-corrected chi connectivity index (χ4v) is 2.10. The molecule has 0 atom stereocenters.